The van der Waals surface area contributed by atoms with Crippen molar-refractivity contribution >= 4 is 0 Å². The van der Waals surface area contributed by atoms with E-state index >= 15 is 0 Å². The molecule has 0 spiro atoms. The first-order valence-electron chi connectivity index (χ1n) is 6.82. The number of benzene rings is 1. The van der Waals surface area contributed by atoms with Crippen molar-refractivity contribution in [2.45, 2.75) is 19.9 Å². The number of hydrogen-bond donors (Lipinski definition) is 1. The van der Waals surface area contributed by atoms with Crippen molar-refractivity contribution in [3.8, 4) is 18.1 Å². The van der Waals surface area contributed by atoms with Crippen molar-refractivity contribution in [1.29, 1.82) is 0 Å². The minimum Gasteiger partial charge on any atom is -0.492 e. The quantitative estimate of drug-likeness (QED) is 0.688. The summed E-state index contributed by atoms with van der Waals surface area (Å²) in [5.74, 6) is 3.61. The zero-order valence-electron chi connectivity index (χ0n) is 12.0. The Morgan fingerprint density at radius 1 is 1.37 bits per heavy atom. The minimum atomic E-state index is 0.671. The van der Waals surface area contributed by atoms with Gasteiger partial charge in [0.2, 0.25) is 0 Å². The van der Waals surface area contributed by atoms with Crippen LogP contribution in [0.1, 0.15) is 18.9 Å². The summed E-state index contributed by atoms with van der Waals surface area (Å²) in [4.78, 5) is 2.23. The predicted molar refractivity (Wildman–Crippen MR) is 80.3 cm³/mol. The van der Waals surface area contributed by atoms with Crippen molar-refractivity contribution in [3.63, 3.8) is 0 Å². The molecule has 1 aromatic carbocycles. The molecule has 0 atom stereocenters. The zero-order chi connectivity index (χ0) is 13.9. The lowest BCUT2D eigenvalue weighted by atomic mass is 10.2. The van der Waals surface area contributed by atoms with Gasteiger partial charge in [0, 0.05) is 13.1 Å². The first-order valence-corrected chi connectivity index (χ1v) is 6.82. The maximum atomic E-state index is 5.78. The van der Waals surface area contributed by atoms with Crippen LogP contribution in [0.3, 0.4) is 0 Å². The van der Waals surface area contributed by atoms with E-state index in [0.29, 0.717) is 13.2 Å². The third-order valence-corrected chi connectivity index (χ3v) is 2.81. The van der Waals surface area contributed by atoms with Gasteiger partial charge in [0.1, 0.15) is 12.4 Å². The fourth-order valence-corrected chi connectivity index (χ4v) is 1.96. The van der Waals surface area contributed by atoms with E-state index in [4.69, 9.17) is 11.2 Å². The number of ether oxygens (including phenoxy) is 1. The van der Waals surface area contributed by atoms with Crippen LogP contribution in [0.4, 0.5) is 0 Å². The van der Waals surface area contributed by atoms with Crippen molar-refractivity contribution in [2.75, 3.05) is 33.3 Å². The molecule has 0 aromatic heterocycles. The molecule has 0 aliphatic heterocycles. The second kappa shape index (κ2) is 9.43. The maximum Gasteiger partial charge on any atom is 0.119 e. The van der Waals surface area contributed by atoms with Crippen molar-refractivity contribution < 1.29 is 4.74 Å². The third-order valence-electron chi connectivity index (χ3n) is 2.81. The van der Waals surface area contributed by atoms with Crippen LogP contribution in [-0.2, 0) is 6.54 Å². The van der Waals surface area contributed by atoms with Gasteiger partial charge in [-0.3, -0.25) is 4.90 Å². The molecular weight excluding hydrogens is 236 g/mol. The van der Waals surface area contributed by atoms with E-state index in [2.05, 4.69) is 35.2 Å². The lowest BCUT2D eigenvalue weighted by molar-refractivity contribution is 0.225. The molecule has 0 unspecified atom stereocenters. The third kappa shape index (κ3) is 6.28. The molecule has 0 aliphatic rings. The Morgan fingerprint density at radius 2 is 2.21 bits per heavy atom. The highest BCUT2D eigenvalue weighted by Crippen LogP contribution is 2.13. The van der Waals surface area contributed by atoms with Crippen LogP contribution in [0.15, 0.2) is 24.3 Å². The molecule has 0 saturated heterocycles. The van der Waals surface area contributed by atoms with E-state index in [-0.39, 0.29) is 0 Å². The second-order valence-electron chi connectivity index (χ2n) is 4.51. The van der Waals surface area contributed by atoms with Crippen LogP contribution in [-0.4, -0.2) is 38.2 Å². The molecule has 1 rings (SSSR count). The van der Waals surface area contributed by atoms with Gasteiger partial charge in [0.15, 0.2) is 0 Å². The molecule has 1 aromatic rings. The van der Waals surface area contributed by atoms with Gasteiger partial charge in [-0.1, -0.05) is 25.0 Å². The largest absolute Gasteiger partial charge is 0.492 e. The summed E-state index contributed by atoms with van der Waals surface area (Å²) in [5.41, 5.74) is 1.23. The van der Waals surface area contributed by atoms with Crippen molar-refractivity contribution in [1.82, 2.24) is 10.2 Å². The van der Waals surface area contributed by atoms with Crippen molar-refractivity contribution in [3.05, 3.63) is 29.8 Å². The number of nitrogens with zero attached hydrogens (tertiary/aromatic N) is 1. The smallest absolute Gasteiger partial charge is 0.119 e. The Balaban J connectivity index is 2.39. The van der Waals surface area contributed by atoms with Gasteiger partial charge < -0.3 is 10.1 Å². The van der Waals surface area contributed by atoms with Crippen LogP contribution in [0.2, 0.25) is 0 Å². The van der Waals surface area contributed by atoms with Gasteiger partial charge in [0.05, 0.1) is 6.54 Å². The topological polar surface area (TPSA) is 24.5 Å². The average molecular weight is 260 g/mol. The summed E-state index contributed by atoms with van der Waals surface area (Å²) in [6.07, 6.45) is 6.47. The summed E-state index contributed by atoms with van der Waals surface area (Å²) in [6.45, 7) is 6.27. The van der Waals surface area contributed by atoms with Crippen LogP contribution >= 0.6 is 0 Å². The maximum absolute atomic E-state index is 5.78. The number of hydrogen-bond acceptors (Lipinski definition) is 3. The monoisotopic (exact) mass is 260 g/mol. The minimum absolute atomic E-state index is 0.671. The van der Waals surface area contributed by atoms with E-state index in [0.717, 1.165) is 31.8 Å². The first kappa shape index (κ1) is 15.6. The Labute approximate surface area is 117 Å². The van der Waals surface area contributed by atoms with Gasteiger partial charge in [0.25, 0.3) is 0 Å². The average Bonchev–Trinajstić information content (AvgIpc) is 2.40. The van der Waals surface area contributed by atoms with E-state index in [9.17, 15) is 0 Å². The van der Waals surface area contributed by atoms with Crippen LogP contribution in [0.25, 0.3) is 0 Å². The summed E-state index contributed by atoms with van der Waals surface area (Å²) in [7, 11) is 1.94. The highest BCUT2D eigenvalue weighted by molar-refractivity contribution is 5.28. The summed E-state index contributed by atoms with van der Waals surface area (Å²) >= 11 is 0. The molecule has 0 heterocycles. The van der Waals surface area contributed by atoms with E-state index in [1.165, 1.54) is 5.56 Å². The van der Waals surface area contributed by atoms with Crippen LogP contribution in [0.5, 0.6) is 5.75 Å². The molecule has 0 amide bonds. The fourth-order valence-electron chi connectivity index (χ4n) is 1.96. The van der Waals surface area contributed by atoms with Crippen LogP contribution < -0.4 is 10.1 Å². The summed E-state index contributed by atoms with van der Waals surface area (Å²) in [5, 5.41) is 3.13. The second-order valence-corrected chi connectivity index (χ2v) is 4.51. The lowest BCUT2D eigenvalue weighted by Gasteiger charge is -2.19. The molecule has 19 heavy (non-hydrogen) atoms. The molecule has 104 valence electrons. The molecular formula is C16H24N2O. The first-order chi connectivity index (χ1) is 9.30. The molecule has 3 heteroatoms. The molecule has 0 radical (unpaired) electrons. The van der Waals surface area contributed by atoms with E-state index in [1.807, 2.05) is 19.2 Å². The molecule has 0 saturated carbocycles. The zero-order valence-corrected chi connectivity index (χ0v) is 12.0. The molecule has 1 N–H and O–H groups in total. The van der Waals surface area contributed by atoms with Gasteiger partial charge in [-0.05, 0) is 37.7 Å². The van der Waals surface area contributed by atoms with Crippen LogP contribution in [0, 0.1) is 12.3 Å². The van der Waals surface area contributed by atoms with Gasteiger partial charge in [-0.25, -0.2) is 0 Å². The van der Waals surface area contributed by atoms with E-state index in [1.54, 1.807) is 0 Å². The standard InChI is InChI=1S/C16H24N2O/c1-4-9-18(10-5-2)11-12-19-16-8-6-7-15(13-16)14-17-3/h1,6-8,13,17H,5,9-12,14H2,2-3H3. The number of nitrogens with one attached hydrogen (secondary N) is 1. The Morgan fingerprint density at radius 3 is 2.89 bits per heavy atom. The molecule has 3 nitrogen and oxygen atoms in total. The Bertz CT molecular complexity index is 398. The SMILES string of the molecule is C#CCN(CCC)CCOc1cccc(CNC)c1. The Hall–Kier alpha value is -1.50. The normalized spacial score (nSPS) is 10.4. The number of rotatable bonds is 9. The molecule has 0 bridgehead atoms. The summed E-state index contributed by atoms with van der Waals surface area (Å²) < 4.78 is 5.78. The highest BCUT2D eigenvalue weighted by Gasteiger charge is 2.02. The highest BCUT2D eigenvalue weighted by atomic mass is 16.5. The molecule has 0 aliphatic carbocycles. The van der Waals surface area contributed by atoms with Gasteiger partial charge in [-0.15, -0.1) is 6.42 Å². The van der Waals surface area contributed by atoms with E-state index < -0.39 is 0 Å². The fraction of sp³-hybridized carbons (Fsp3) is 0.500. The van der Waals surface area contributed by atoms with Gasteiger partial charge >= 0.3 is 0 Å². The lowest BCUT2D eigenvalue weighted by Crippen LogP contribution is -2.29. The Kier molecular flexibility index (Phi) is 7.72. The van der Waals surface area contributed by atoms with Crippen molar-refractivity contribution in [2.24, 2.45) is 0 Å². The summed E-state index contributed by atoms with van der Waals surface area (Å²) in [6, 6.07) is 8.17. The molecule has 0 fully saturated rings. The number of terminal acetylenes is 1. The predicted octanol–water partition coefficient (Wildman–Crippen LogP) is 2.13. The van der Waals surface area contributed by atoms with Gasteiger partial charge in [-0.2, -0.15) is 0 Å².